The van der Waals surface area contributed by atoms with E-state index in [2.05, 4.69) is 15.3 Å². The first-order valence-corrected chi connectivity index (χ1v) is 9.35. The topological polar surface area (TPSA) is 74.8 Å². The minimum atomic E-state index is -0.299. The maximum atomic E-state index is 12.2. The van der Waals surface area contributed by atoms with Gasteiger partial charge in [0.25, 0.3) is 5.56 Å². The molecule has 0 saturated heterocycles. The molecule has 0 unspecified atom stereocenters. The maximum absolute atomic E-state index is 12.2. The lowest BCUT2D eigenvalue weighted by Crippen LogP contribution is -2.10. The molecule has 1 aromatic heterocycles. The molecule has 142 valence electrons. The molecule has 3 aromatic rings. The Bertz CT molecular complexity index is 1110. The molecule has 0 saturated carbocycles. The SMILES string of the molecule is CCc1cc(=O)[nH]c(-c2cccc(NC(=O)/C=C/c3ccc(Cl)c(Cl)c3)c2)n1. The van der Waals surface area contributed by atoms with E-state index in [-0.39, 0.29) is 11.5 Å². The summed E-state index contributed by atoms with van der Waals surface area (Å²) in [5.74, 6) is 0.166. The summed E-state index contributed by atoms with van der Waals surface area (Å²) in [7, 11) is 0. The van der Waals surface area contributed by atoms with Crippen molar-refractivity contribution in [2.24, 2.45) is 0 Å². The summed E-state index contributed by atoms with van der Waals surface area (Å²) in [5, 5.41) is 3.67. The van der Waals surface area contributed by atoms with E-state index in [9.17, 15) is 9.59 Å². The monoisotopic (exact) mass is 413 g/mol. The van der Waals surface area contributed by atoms with Crippen molar-refractivity contribution in [3.8, 4) is 11.4 Å². The van der Waals surface area contributed by atoms with Crippen LogP contribution in [0.25, 0.3) is 17.5 Å². The van der Waals surface area contributed by atoms with Crippen molar-refractivity contribution < 1.29 is 4.79 Å². The van der Waals surface area contributed by atoms with E-state index in [4.69, 9.17) is 23.2 Å². The van der Waals surface area contributed by atoms with Crippen molar-refractivity contribution in [2.75, 3.05) is 5.32 Å². The molecular formula is C21H17Cl2N3O2. The van der Waals surface area contributed by atoms with Gasteiger partial charge in [0, 0.05) is 29.1 Å². The van der Waals surface area contributed by atoms with Gasteiger partial charge in [-0.3, -0.25) is 9.59 Å². The molecular weight excluding hydrogens is 397 g/mol. The summed E-state index contributed by atoms with van der Waals surface area (Å²) in [4.78, 5) is 31.1. The van der Waals surface area contributed by atoms with Gasteiger partial charge in [-0.25, -0.2) is 4.98 Å². The molecule has 0 spiro atoms. The van der Waals surface area contributed by atoms with Gasteiger partial charge >= 0.3 is 0 Å². The zero-order valence-corrected chi connectivity index (χ0v) is 16.5. The summed E-state index contributed by atoms with van der Waals surface area (Å²) in [6.07, 6.45) is 3.71. The van der Waals surface area contributed by atoms with Crippen LogP contribution in [-0.2, 0) is 11.2 Å². The Hall–Kier alpha value is -2.89. The number of halogens is 2. The summed E-state index contributed by atoms with van der Waals surface area (Å²) in [6.45, 7) is 1.93. The Morgan fingerprint density at radius 1 is 1.14 bits per heavy atom. The van der Waals surface area contributed by atoms with Crippen LogP contribution in [0.1, 0.15) is 18.2 Å². The number of aromatic nitrogens is 2. The first-order chi connectivity index (χ1) is 13.4. The second-order valence-electron chi connectivity index (χ2n) is 6.02. The molecule has 5 nitrogen and oxygen atoms in total. The standard InChI is InChI=1S/C21H17Cl2N3O2/c1-2-15-12-20(28)26-21(25-15)14-4-3-5-16(11-14)24-19(27)9-7-13-6-8-17(22)18(23)10-13/h3-12H,2H2,1H3,(H,24,27)(H,25,26,28)/b9-7+. The Balaban J connectivity index is 1.76. The maximum Gasteiger partial charge on any atom is 0.251 e. The zero-order valence-electron chi connectivity index (χ0n) is 15.0. The van der Waals surface area contributed by atoms with Gasteiger partial charge in [-0.1, -0.05) is 48.3 Å². The van der Waals surface area contributed by atoms with Crippen LogP contribution in [0.4, 0.5) is 5.69 Å². The fourth-order valence-electron chi connectivity index (χ4n) is 2.54. The second-order valence-corrected chi connectivity index (χ2v) is 6.83. The van der Waals surface area contributed by atoms with Crippen LogP contribution in [0.3, 0.4) is 0 Å². The molecule has 2 N–H and O–H groups in total. The number of hydrogen-bond donors (Lipinski definition) is 2. The van der Waals surface area contributed by atoms with Gasteiger partial charge in [-0.05, 0) is 42.3 Å². The Kier molecular flexibility index (Phi) is 6.29. The van der Waals surface area contributed by atoms with E-state index < -0.39 is 0 Å². The lowest BCUT2D eigenvalue weighted by Gasteiger charge is -2.07. The fourth-order valence-corrected chi connectivity index (χ4v) is 2.85. The van der Waals surface area contributed by atoms with Gasteiger partial charge in [0.1, 0.15) is 5.82 Å². The lowest BCUT2D eigenvalue weighted by atomic mass is 10.1. The number of anilines is 1. The average molecular weight is 414 g/mol. The molecule has 1 amide bonds. The second kappa shape index (κ2) is 8.87. The molecule has 0 fully saturated rings. The van der Waals surface area contributed by atoms with Crippen LogP contribution in [0.5, 0.6) is 0 Å². The molecule has 0 atom stereocenters. The minimum Gasteiger partial charge on any atom is -0.322 e. The third-order valence-electron chi connectivity index (χ3n) is 3.93. The van der Waals surface area contributed by atoms with Crippen molar-refractivity contribution in [1.29, 1.82) is 0 Å². The van der Waals surface area contributed by atoms with Crippen LogP contribution in [-0.4, -0.2) is 15.9 Å². The number of carbonyl (C=O) groups is 1. The number of H-pyrrole nitrogens is 1. The number of amides is 1. The van der Waals surface area contributed by atoms with Crippen LogP contribution in [0.15, 0.2) is 59.4 Å². The smallest absolute Gasteiger partial charge is 0.251 e. The summed E-state index contributed by atoms with van der Waals surface area (Å²) in [5.41, 5.74) is 2.56. The quantitative estimate of drug-likeness (QED) is 0.580. The Labute approximate surface area is 172 Å². The number of carbonyl (C=O) groups excluding carboxylic acids is 1. The van der Waals surface area contributed by atoms with Gasteiger partial charge in [-0.15, -0.1) is 0 Å². The summed E-state index contributed by atoms with van der Waals surface area (Å²) < 4.78 is 0. The van der Waals surface area contributed by atoms with Gasteiger partial charge in [0.05, 0.1) is 10.0 Å². The van der Waals surface area contributed by atoms with Crippen molar-refractivity contribution in [3.05, 3.63) is 86.3 Å². The number of nitrogens with zero attached hydrogens (tertiary/aromatic N) is 1. The number of aryl methyl sites for hydroxylation is 1. The van der Waals surface area contributed by atoms with Crippen LogP contribution >= 0.6 is 23.2 Å². The molecule has 0 aliphatic heterocycles. The summed E-state index contributed by atoms with van der Waals surface area (Å²) in [6, 6.07) is 13.7. The first-order valence-electron chi connectivity index (χ1n) is 8.59. The summed E-state index contributed by atoms with van der Waals surface area (Å²) >= 11 is 11.9. The molecule has 28 heavy (non-hydrogen) atoms. The first kappa shape index (κ1) is 19.9. The molecule has 0 radical (unpaired) electrons. The van der Waals surface area contributed by atoms with E-state index in [0.717, 1.165) is 5.56 Å². The van der Waals surface area contributed by atoms with Gasteiger partial charge in [0.15, 0.2) is 0 Å². The molecule has 0 aliphatic carbocycles. The molecule has 0 aliphatic rings. The van der Waals surface area contributed by atoms with Crippen molar-refractivity contribution in [1.82, 2.24) is 9.97 Å². The highest BCUT2D eigenvalue weighted by atomic mass is 35.5. The highest BCUT2D eigenvalue weighted by Crippen LogP contribution is 2.23. The normalized spacial score (nSPS) is 11.0. The van der Waals surface area contributed by atoms with Crippen LogP contribution in [0.2, 0.25) is 10.0 Å². The van der Waals surface area contributed by atoms with Crippen molar-refractivity contribution >= 4 is 40.9 Å². The van der Waals surface area contributed by atoms with Crippen molar-refractivity contribution in [2.45, 2.75) is 13.3 Å². The zero-order chi connectivity index (χ0) is 20.1. The predicted molar refractivity (Wildman–Crippen MR) is 114 cm³/mol. The molecule has 2 aromatic carbocycles. The number of aromatic amines is 1. The minimum absolute atomic E-state index is 0.208. The Morgan fingerprint density at radius 3 is 2.71 bits per heavy atom. The van der Waals surface area contributed by atoms with E-state index in [0.29, 0.717) is 39.2 Å². The highest BCUT2D eigenvalue weighted by molar-refractivity contribution is 6.42. The molecule has 0 bridgehead atoms. The van der Waals surface area contributed by atoms with Gasteiger partial charge < -0.3 is 10.3 Å². The van der Waals surface area contributed by atoms with Crippen molar-refractivity contribution in [3.63, 3.8) is 0 Å². The lowest BCUT2D eigenvalue weighted by molar-refractivity contribution is -0.111. The van der Waals surface area contributed by atoms with E-state index in [1.807, 2.05) is 13.0 Å². The highest BCUT2D eigenvalue weighted by Gasteiger charge is 2.06. The third kappa shape index (κ3) is 5.09. The Morgan fingerprint density at radius 2 is 1.96 bits per heavy atom. The number of rotatable bonds is 5. The third-order valence-corrected chi connectivity index (χ3v) is 4.67. The van der Waals surface area contributed by atoms with E-state index in [1.165, 1.54) is 12.1 Å². The number of hydrogen-bond acceptors (Lipinski definition) is 3. The van der Waals surface area contributed by atoms with Crippen LogP contribution < -0.4 is 10.9 Å². The number of nitrogens with one attached hydrogen (secondary N) is 2. The van der Waals surface area contributed by atoms with Gasteiger partial charge in [0.2, 0.25) is 5.91 Å². The molecule has 7 heteroatoms. The largest absolute Gasteiger partial charge is 0.322 e. The molecule has 3 rings (SSSR count). The fraction of sp³-hybridized carbons (Fsp3) is 0.0952. The molecule has 1 heterocycles. The average Bonchev–Trinajstić information content (AvgIpc) is 2.68. The van der Waals surface area contributed by atoms with Crippen LogP contribution in [0, 0.1) is 0 Å². The van der Waals surface area contributed by atoms with E-state index >= 15 is 0 Å². The van der Waals surface area contributed by atoms with E-state index in [1.54, 1.807) is 42.5 Å². The number of benzene rings is 2. The predicted octanol–water partition coefficient (Wildman–Crippen LogP) is 4.96. The van der Waals surface area contributed by atoms with Gasteiger partial charge in [-0.2, -0.15) is 0 Å².